The maximum atomic E-state index is 13.0. The number of rotatable bonds is 6. The molecule has 0 spiro atoms. The smallest absolute Gasteiger partial charge is 0.262 e. The minimum atomic E-state index is -3.84. The van der Waals surface area contributed by atoms with E-state index in [0.717, 1.165) is 31.6 Å². The van der Waals surface area contributed by atoms with Gasteiger partial charge in [-0.05, 0) is 49.6 Å². The van der Waals surface area contributed by atoms with Crippen LogP contribution >= 0.6 is 0 Å². The van der Waals surface area contributed by atoms with Crippen LogP contribution in [0.4, 0.5) is 17.1 Å². The topological polar surface area (TPSA) is 87.7 Å². The van der Waals surface area contributed by atoms with Crippen molar-refractivity contribution in [2.24, 2.45) is 0 Å². The highest BCUT2D eigenvalue weighted by Crippen LogP contribution is 2.32. The first kappa shape index (κ1) is 20.0. The number of carbonyl (C=O) groups is 1. The molecule has 1 heterocycles. The van der Waals surface area contributed by atoms with Crippen molar-refractivity contribution in [3.8, 4) is 5.75 Å². The van der Waals surface area contributed by atoms with E-state index in [2.05, 4.69) is 14.9 Å². The lowest BCUT2D eigenvalue weighted by Gasteiger charge is -2.30. The molecule has 0 aromatic heterocycles. The van der Waals surface area contributed by atoms with Crippen LogP contribution in [0.3, 0.4) is 0 Å². The van der Waals surface area contributed by atoms with Gasteiger partial charge in [-0.2, -0.15) is 0 Å². The molecule has 1 saturated heterocycles. The monoisotopic (exact) mass is 403 g/mol. The number of carbonyl (C=O) groups excluding carboxylic acids is 1. The lowest BCUT2D eigenvalue weighted by atomic mass is 10.1. The Bertz CT molecular complexity index is 954. The van der Waals surface area contributed by atoms with Gasteiger partial charge in [0.05, 0.1) is 29.1 Å². The molecule has 8 heteroatoms. The summed E-state index contributed by atoms with van der Waals surface area (Å²) >= 11 is 0. The van der Waals surface area contributed by atoms with Gasteiger partial charge in [-0.15, -0.1) is 0 Å². The lowest BCUT2D eigenvalue weighted by Crippen LogP contribution is -2.30. The molecule has 28 heavy (non-hydrogen) atoms. The zero-order valence-corrected chi connectivity index (χ0v) is 16.9. The van der Waals surface area contributed by atoms with Gasteiger partial charge in [0, 0.05) is 20.0 Å². The van der Waals surface area contributed by atoms with Crippen molar-refractivity contribution in [2.75, 3.05) is 35.1 Å². The van der Waals surface area contributed by atoms with Crippen molar-refractivity contribution in [3.05, 3.63) is 42.5 Å². The Morgan fingerprint density at radius 1 is 1.04 bits per heavy atom. The second kappa shape index (κ2) is 8.52. The molecule has 0 unspecified atom stereocenters. The van der Waals surface area contributed by atoms with Gasteiger partial charge in [-0.25, -0.2) is 8.42 Å². The van der Waals surface area contributed by atoms with Crippen LogP contribution in [-0.2, 0) is 14.8 Å². The van der Waals surface area contributed by atoms with Crippen molar-refractivity contribution < 1.29 is 17.9 Å². The fraction of sp³-hybridized carbons (Fsp3) is 0.350. The highest BCUT2D eigenvalue weighted by Gasteiger charge is 2.21. The van der Waals surface area contributed by atoms with Crippen molar-refractivity contribution in [1.29, 1.82) is 0 Å². The summed E-state index contributed by atoms with van der Waals surface area (Å²) in [6, 6.07) is 11.8. The molecule has 0 atom stereocenters. The van der Waals surface area contributed by atoms with Gasteiger partial charge in [-0.3, -0.25) is 9.52 Å². The van der Waals surface area contributed by atoms with E-state index in [1.165, 1.54) is 38.7 Å². The van der Waals surface area contributed by atoms with Crippen molar-refractivity contribution in [3.63, 3.8) is 0 Å². The van der Waals surface area contributed by atoms with Crippen molar-refractivity contribution >= 4 is 33.0 Å². The number of piperidine rings is 1. The zero-order valence-electron chi connectivity index (χ0n) is 16.1. The number of ether oxygens (including phenoxy) is 1. The van der Waals surface area contributed by atoms with Gasteiger partial charge in [-0.1, -0.05) is 12.1 Å². The average Bonchev–Trinajstić information content (AvgIpc) is 2.68. The third-order valence-corrected chi connectivity index (χ3v) is 6.00. The first-order valence-electron chi connectivity index (χ1n) is 9.23. The van der Waals surface area contributed by atoms with E-state index in [-0.39, 0.29) is 10.8 Å². The minimum Gasteiger partial charge on any atom is -0.495 e. The Hall–Kier alpha value is -2.74. The van der Waals surface area contributed by atoms with Gasteiger partial charge in [0.1, 0.15) is 5.75 Å². The van der Waals surface area contributed by atoms with Gasteiger partial charge in [0.2, 0.25) is 5.91 Å². The Balaban J connectivity index is 1.91. The molecule has 0 saturated carbocycles. The lowest BCUT2D eigenvalue weighted by molar-refractivity contribution is -0.114. The maximum absolute atomic E-state index is 13.0. The molecule has 2 N–H and O–H groups in total. The Labute approximate surface area is 165 Å². The number of methoxy groups -OCH3 is 1. The van der Waals surface area contributed by atoms with Crippen LogP contribution < -0.4 is 19.7 Å². The Kier molecular flexibility index (Phi) is 6.08. The number of benzene rings is 2. The zero-order chi connectivity index (χ0) is 20.1. The molecule has 1 aliphatic rings. The number of hydrogen-bond donors (Lipinski definition) is 2. The predicted octanol–water partition coefficient (Wildman–Crippen LogP) is 3.44. The summed E-state index contributed by atoms with van der Waals surface area (Å²) in [5.74, 6) is 0.0825. The van der Waals surface area contributed by atoms with Crippen LogP contribution in [0.2, 0.25) is 0 Å². The molecule has 0 aliphatic carbocycles. The van der Waals surface area contributed by atoms with Crippen LogP contribution in [0.1, 0.15) is 26.2 Å². The standard InChI is InChI=1S/C20H25N3O4S/c1-15(24)21-18-14-16(10-11-20(18)27-2)28(25,26)22-17-8-4-5-9-19(17)23-12-6-3-7-13-23/h4-5,8-11,14,22H,3,6-7,12-13H2,1-2H3,(H,21,24). The summed E-state index contributed by atoms with van der Waals surface area (Å²) in [5, 5.41) is 2.60. The normalized spacial score (nSPS) is 14.4. The SMILES string of the molecule is COc1ccc(S(=O)(=O)Nc2ccccc2N2CCCCC2)cc1NC(C)=O. The van der Waals surface area contributed by atoms with Crippen molar-refractivity contribution in [1.82, 2.24) is 0 Å². The van der Waals surface area contributed by atoms with E-state index in [0.29, 0.717) is 17.1 Å². The predicted molar refractivity (Wildman–Crippen MR) is 111 cm³/mol. The maximum Gasteiger partial charge on any atom is 0.262 e. The molecule has 1 fully saturated rings. The van der Waals surface area contributed by atoms with E-state index >= 15 is 0 Å². The largest absolute Gasteiger partial charge is 0.495 e. The summed E-state index contributed by atoms with van der Waals surface area (Å²) in [6.45, 7) is 3.18. The van der Waals surface area contributed by atoms with E-state index in [9.17, 15) is 13.2 Å². The molecule has 1 aliphatic heterocycles. The fourth-order valence-corrected chi connectivity index (χ4v) is 4.42. The van der Waals surface area contributed by atoms with Gasteiger partial charge in [0.15, 0.2) is 0 Å². The molecular weight excluding hydrogens is 378 g/mol. The van der Waals surface area contributed by atoms with Crippen LogP contribution in [0.15, 0.2) is 47.4 Å². The highest BCUT2D eigenvalue weighted by atomic mass is 32.2. The third-order valence-electron chi connectivity index (χ3n) is 4.64. The molecule has 1 amide bonds. The van der Waals surface area contributed by atoms with Crippen LogP contribution in [-0.4, -0.2) is 34.5 Å². The number of para-hydroxylation sites is 2. The summed E-state index contributed by atoms with van der Waals surface area (Å²) in [6.07, 6.45) is 3.39. The number of nitrogens with one attached hydrogen (secondary N) is 2. The van der Waals surface area contributed by atoms with E-state index in [1.54, 1.807) is 6.07 Å². The van der Waals surface area contributed by atoms with Gasteiger partial charge >= 0.3 is 0 Å². The number of sulfonamides is 1. The van der Waals surface area contributed by atoms with Gasteiger partial charge in [0.25, 0.3) is 10.0 Å². The summed E-state index contributed by atoms with van der Waals surface area (Å²) < 4.78 is 33.9. The Morgan fingerprint density at radius 3 is 2.43 bits per heavy atom. The number of amides is 1. The first-order chi connectivity index (χ1) is 13.4. The number of hydrogen-bond acceptors (Lipinski definition) is 5. The summed E-state index contributed by atoms with van der Waals surface area (Å²) in [7, 11) is -2.38. The van der Waals surface area contributed by atoms with E-state index in [1.807, 2.05) is 18.2 Å². The average molecular weight is 404 g/mol. The minimum absolute atomic E-state index is 0.0468. The number of anilines is 3. The van der Waals surface area contributed by atoms with Gasteiger partial charge < -0.3 is 15.0 Å². The molecular formula is C20H25N3O4S. The molecule has 3 rings (SSSR count). The van der Waals surface area contributed by atoms with Crippen molar-refractivity contribution in [2.45, 2.75) is 31.1 Å². The summed E-state index contributed by atoms with van der Waals surface area (Å²) in [5.41, 5.74) is 1.73. The molecule has 0 bridgehead atoms. The second-order valence-corrected chi connectivity index (χ2v) is 8.40. The van der Waals surface area contributed by atoms with E-state index in [4.69, 9.17) is 4.74 Å². The third kappa shape index (κ3) is 4.56. The van der Waals surface area contributed by atoms with Crippen LogP contribution in [0, 0.1) is 0 Å². The van der Waals surface area contributed by atoms with Crippen LogP contribution in [0.5, 0.6) is 5.75 Å². The molecule has 150 valence electrons. The van der Waals surface area contributed by atoms with E-state index < -0.39 is 10.0 Å². The summed E-state index contributed by atoms with van der Waals surface area (Å²) in [4.78, 5) is 13.7. The van der Waals surface area contributed by atoms with Crippen LogP contribution in [0.25, 0.3) is 0 Å². The highest BCUT2D eigenvalue weighted by molar-refractivity contribution is 7.92. The quantitative estimate of drug-likeness (QED) is 0.771. The molecule has 2 aromatic rings. The fourth-order valence-electron chi connectivity index (χ4n) is 3.32. The Morgan fingerprint density at radius 2 is 1.75 bits per heavy atom. The number of nitrogens with zero attached hydrogens (tertiary/aromatic N) is 1. The second-order valence-electron chi connectivity index (χ2n) is 6.71. The first-order valence-corrected chi connectivity index (χ1v) is 10.7. The molecule has 7 nitrogen and oxygen atoms in total. The molecule has 2 aromatic carbocycles. The molecule has 0 radical (unpaired) electrons.